The fourth-order valence-electron chi connectivity index (χ4n) is 1.72. The van der Waals surface area contributed by atoms with Crippen molar-refractivity contribution in [3.05, 3.63) is 29.8 Å². The molecule has 112 valence electrons. The first-order valence-electron chi connectivity index (χ1n) is 6.25. The molecular weight excluding hydrogens is 280 g/mol. The van der Waals surface area contributed by atoms with Crippen LogP contribution in [0, 0.1) is 0 Å². The van der Waals surface area contributed by atoms with Gasteiger partial charge >= 0.3 is 0 Å². The van der Waals surface area contributed by atoms with E-state index in [4.69, 9.17) is 9.88 Å². The zero-order valence-corrected chi connectivity index (χ0v) is 12.4. The molecule has 0 aliphatic carbocycles. The van der Waals surface area contributed by atoms with E-state index in [9.17, 15) is 13.2 Å². The predicted molar refractivity (Wildman–Crippen MR) is 75.5 cm³/mol. The van der Waals surface area contributed by atoms with Gasteiger partial charge in [0.25, 0.3) is 0 Å². The number of primary sulfonamides is 1. The van der Waals surface area contributed by atoms with Crippen molar-refractivity contribution in [2.75, 3.05) is 13.7 Å². The highest BCUT2D eigenvalue weighted by Gasteiger charge is 2.11. The number of nitrogens with one attached hydrogen (secondary N) is 1. The van der Waals surface area contributed by atoms with E-state index < -0.39 is 10.0 Å². The summed E-state index contributed by atoms with van der Waals surface area (Å²) in [4.78, 5) is 11.7. The van der Waals surface area contributed by atoms with Crippen molar-refractivity contribution in [3.8, 4) is 0 Å². The van der Waals surface area contributed by atoms with Crippen molar-refractivity contribution < 1.29 is 17.9 Å². The third kappa shape index (κ3) is 5.28. The van der Waals surface area contributed by atoms with Crippen LogP contribution in [-0.4, -0.2) is 28.0 Å². The molecule has 1 aromatic carbocycles. The summed E-state index contributed by atoms with van der Waals surface area (Å²) in [6.07, 6.45) is 1.06. The number of benzene rings is 1. The standard InChI is InChI=1S/C13H20N2O4S/c1-10(15-13(16)4-3-9-19-2)11-5-7-12(8-6-11)20(14,17)18/h5-8,10H,3-4,9H2,1-2H3,(H,15,16)(H2,14,17,18). The van der Waals surface area contributed by atoms with E-state index in [0.717, 1.165) is 5.56 Å². The highest BCUT2D eigenvalue weighted by Crippen LogP contribution is 2.15. The van der Waals surface area contributed by atoms with Crippen LogP contribution in [0.25, 0.3) is 0 Å². The fraction of sp³-hybridized carbons (Fsp3) is 0.462. The van der Waals surface area contributed by atoms with Crippen LogP contribution < -0.4 is 10.5 Å². The molecule has 0 aliphatic heterocycles. The molecule has 1 unspecified atom stereocenters. The Morgan fingerprint density at radius 2 is 1.95 bits per heavy atom. The first-order chi connectivity index (χ1) is 9.34. The summed E-state index contributed by atoms with van der Waals surface area (Å²) in [6, 6.07) is 5.94. The maximum Gasteiger partial charge on any atom is 0.238 e. The predicted octanol–water partition coefficient (Wildman–Crippen LogP) is 0.938. The maximum absolute atomic E-state index is 11.6. The Morgan fingerprint density at radius 1 is 1.35 bits per heavy atom. The van der Waals surface area contributed by atoms with Gasteiger partial charge in [-0.15, -0.1) is 0 Å². The Kier molecular flexibility index (Phi) is 6.12. The van der Waals surface area contributed by atoms with E-state index >= 15 is 0 Å². The Balaban J connectivity index is 2.60. The van der Waals surface area contributed by atoms with Gasteiger partial charge in [-0.05, 0) is 31.0 Å². The highest BCUT2D eigenvalue weighted by atomic mass is 32.2. The van der Waals surface area contributed by atoms with Crippen LogP contribution in [0.5, 0.6) is 0 Å². The van der Waals surface area contributed by atoms with Gasteiger partial charge in [-0.2, -0.15) is 0 Å². The van der Waals surface area contributed by atoms with Gasteiger partial charge in [0.05, 0.1) is 10.9 Å². The largest absolute Gasteiger partial charge is 0.385 e. The smallest absolute Gasteiger partial charge is 0.238 e. The second-order valence-corrected chi connectivity index (χ2v) is 6.06. The maximum atomic E-state index is 11.6. The van der Waals surface area contributed by atoms with Crippen molar-refractivity contribution in [2.45, 2.75) is 30.7 Å². The van der Waals surface area contributed by atoms with Crippen molar-refractivity contribution in [2.24, 2.45) is 5.14 Å². The molecule has 3 N–H and O–H groups in total. The molecule has 0 radical (unpaired) electrons. The van der Waals surface area contributed by atoms with E-state index in [1.165, 1.54) is 12.1 Å². The number of sulfonamides is 1. The summed E-state index contributed by atoms with van der Waals surface area (Å²) in [5.41, 5.74) is 0.817. The molecular formula is C13H20N2O4S. The average molecular weight is 300 g/mol. The lowest BCUT2D eigenvalue weighted by molar-refractivity contribution is -0.122. The number of hydrogen-bond donors (Lipinski definition) is 2. The Bertz CT molecular complexity index is 540. The van der Waals surface area contributed by atoms with Crippen LogP contribution >= 0.6 is 0 Å². The van der Waals surface area contributed by atoms with Crippen LogP contribution in [0.2, 0.25) is 0 Å². The van der Waals surface area contributed by atoms with E-state index in [2.05, 4.69) is 5.32 Å². The van der Waals surface area contributed by atoms with E-state index in [1.807, 2.05) is 6.92 Å². The normalized spacial score (nSPS) is 12.9. The fourth-order valence-corrected chi connectivity index (χ4v) is 2.24. The summed E-state index contributed by atoms with van der Waals surface area (Å²) < 4.78 is 27.1. The van der Waals surface area contributed by atoms with Crippen LogP contribution in [0.3, 0.4) is 0 Å². The molecule has 0 saturated heterocycles. The molecule has 20 heavy (non-hydrogen) atoms. The van der Waals surface area contributed by atoms with Gasteiger partial charge in [0, 0.05) is 20.1 Å². The summed E-state index contributed by atoms with van der Waals surface area (Å²) >= 11 is 0. The molecule has 0 aromatic heterocycles. The molecule has 0 heterocycles. The average Bonchev–Trinajstić information content (AvgIpc) is 2.38. The quantitative estimate of drug-likeness (QED) is 0.732. The number of ether oxygens (including phenoxy) is 1. The molecule has 0 fully saturated rings. The number of carbonyl (C=O) groups excluding carboxylic acids is 1. The van der Waals surface area contributed by atoms with E-state index in [0.29, 0.717) is 19.4 Å². The molecule has 7 heteroatoms. The number of amides is 1. The van der Waals surface area contributed by atoms with Gasteiger partial charge in [0.2, 0.25) is 15.9 Å². The number of carbonyl (C=O) groups is 1. The van der Waals surface area contributed by atoms with Gasteiger partial charge in [-0.1, -0.05) is 12.1 Å². The van der Waals surface area contributed by atoms with Gasteiger partial charge in [-0.25, -0.2) is 13.6 Å². The van der Waals surface area contributed by atoms with E-state index in [1.54, 1.807) is 19.2 Å². The summed E-state index contributed by atoms with van der Waals surface area (Å²) in [6.45, 7) is 2.38. The van der Waals surface area contributed by atoms with E-state index in [-0.39, 0.29) is 16.8 Å². The van der Waals surface area contributed by atoms with Crippen LogP contribution in [0.4, 0.5) is 0 Å². The minimum Gasteiger partial charge on any atom is -0.385 e. The zero-order chi connectivity index (χ0) is 15.2. The topological polar surface area (TPSA) is 98.5 Å². The zero-order valence-electron chi connectivity index (χ0n) is 11.6. The van der Waals surface area contributed by atoms with Crippen LogP contribution in [0.1, 0.15) is 31.4 Å². The number of methoxy groups -OCH3 is 1. The van der Waals surface area contributed by atoms with Crippen LogP contribution in [0.15, 0.2) is 29.2 Å². The number of rotatable bonds is 7. The first-order valence-corrected chi connectivity index (χ1v) is 7.80. The Hall–Kier alpha value is -1.44. The molecule has 0 aliphatic rings. The second-order valence-electron chi connectivity index (χ2n) is 4.50. The van der Waals surface area contributed by atoms with Crippen LogP contribution in [-0.2, 0) is 19.6 Å². The van der Waals surface area contributed by atoms with Crippen molar-refractivity contribution in [1.29, 1.82) is 0 Å². The van der Waals surface area contributed by atoms with Gasteiger partial charge in [0.1, 0.15) is 0 Å². The third-order valence-electron chi connectivity index (χ3n) is 2.84. The molecule has 6 nitrogen and oxygen atoms in total. The third-order valence-corrected chi connectivity index (χ3v) is 3.77. The number of nitrogens with two attached hydrogens (primary N) is 1. The molecule has 0 saturated carbocycles. The molecule has 0 bridgehead atoms. The summed E-state index contributed by atoms with van der Waals surface area (Å²) in [5.74, 6) is -0.0647. The molecule has 1 rings (SSSR count). The van der Waals surface area contributed by atoms with Crippen molar-refractivity contribution in [1.82, 2.24) is 5.32 Å². The lowest BCUT2D eigenvalue weighted by Gasteiger charge is -2.14. The Morgan fingerprint density at radius 3 is 2.45 bits per heavy atom. The molecule has 1 aromatic rings. The van der Waals surface area contributed by atoms with Crippen molar-refractivity contribution in [3.63, 3.8) is 0 Å². The minimum absolute atomic E-state index is 0.0554. The summed E-state index contributed by atoms with van der Waals surface area (Å²) in [5, 5.41) is 7.86. The first kappa shape index (κ1) is 16.6. The number of hydrogen-bond acceptors (Lipinski definition) is 4. The second kappa shape index (κ2) is 7.37. The highest BCUT2D eigenvalue weighted by molar-refractivity contribution is 7.89. The van der Waals surface area contributed by atoms with Gasteiger partial charge in [-0.3, -0.25) is 4.79 Å². The van der Waals surface area contributed by atoms with Gasteiger partial charge in [0.15, 0.2) is 0 Å². The lowest BCUT2D eigenvalue weighted by atomic mass is 10.1. The van der Waals surface area contributed by atoms with Gasteiger partial charge < -0.3 is 10.1 Å². The summed E-state index contributed by atoms with van der Waals surface area (Å²) in [7, 11) is -2.09. The SMILES string of the molecule is COCCCC(=O)NC(C)c1ccc(S(N)(=O)=O)cc1. The minimum atomic E-state index is -3.68. The molecule has 1 atom stereocenters. The Labute approximate surface area is 119 Å². The lowest BCUT2D eigenvalue weighted by Crippen LogP contribution is -2.26. The van der Waals surface area contributed by atoms with Crippen molar-refractivity contribution >= 4 is 15.9 Å². The molecule has 0 spiro atoms. The monoisotopic (exact) mass is 300 g/mol. The molecule has 1 amide bonds.